The van der Waals surface area contributed by atoms with Crippen LogP contribution in [0.15, 0.2) is 18.5 Å². The Morgan fingerprint density at radius 1 is 1.50 bits per heavy atom. The molecule has 1 fully saturated rings. The molecular weight excluding hydrogens is 226 g/mol. The fourth-order valence-electron chi connectivity index (χ4n) is 2.16. The topological polar surface area (TPSA) is 54.0 Å². The van der Waals surface area contributed by atoms with Gasteiger partial charge in [0.05, 0.1) is 11.3 Å². The van der Waals surface area contributed by atoms with Crippen molar-refractivity contribution in [2.75, 3.05) is 11.9 Å². The van der Waals surface area contributed by atoms with Crippen LogP contribution in [0, 0.1) is 0 Å². The number of carbonyl (C=O) groups excluding carboxylic acids is 1. The van der Waals surface area contributed by atoms with E-state index in [1.165, 1.54) is 6.42 Å². The Kier molecular flexibility index (Phi) is 3.84. The van der Waals surface area contributed by atoms with Crippen molar-refractivity contribution in [2.24, 2.45) is 0 Å². The summed E-state index contributed by atoms with van der Waals surface area (Å²) >= 11 is 0. The molecule has 1 aliphatic carbocycles. The van der Waals surface area contributed by atoms with E-state index in [4.69, 9.17) is 0 Å². The first-order valence-corrected chi connectivity index (χ1v) is 6.65. The number of nitrogens with one attached hydrogen (secondary N) is 2. The molecule has 2 rings (SSSR count). The summed E-state index contributed by atoms with van der Waals surface area (Å²) < 4.78 is 0. The van der Waals surface area contributed by atoms with E-state index in [9.17, 15) is 4.79 Å². The highest BCUT2D eigenvalue weighted by atomic mass is 16.1. The van der Waals surface area contributed by atoms with Gasteiger partial charge < -0.3 is 10.6 Å². The molecule has 1 heterocycles. The molecule has 0 unspecified atom stereocenters. The fourth-order valence-corrected chi connectivity index (χ4v) is 2.16. The predicted molar refractivity (Wildman–Crippen MR) is 72.7 cm³/mol. The molecule has 4 nitrogen and oxygen atoms in total. The first-order chi connectivity index (χ1) is 8.64. The summed E-state index contributed by atoms with van der Waals surface area (Å²) in [6, 6.07) is 1.85. The minimum Gasteiger partial charge on any atom is -0.384 e. The molecule has 18 heavy (non-hydrogen) atoms. The van der Waals surface area contributed by atoms with Crippen LogP contribution in [0.1, 0.15) is 49.9 Å². The van der Waals surface area contributed by atoms with E-state index < -0.39 is 0 Å². The van der Waals surface area contributed by atoms with E-state index in [1.807, 2.05) is 6.07 Å². The van der Waals surface area contributed by atoms with E-state index in [1.54, 1.807) is 12.4 Å². The molecule has 0 aliphatic heterocycles. The zero-order valence-electron chi connectivity index (χ0n) is 11.1. The third kappa shape index (κ3) is 2.81. The van der Waals surface area contributed by atoms with Gasteiger partial charge in [-0.2, -0.15) is 0 Å². The number of carbonyl (C=O) groups is 1. The van der Waals surface area contributed by atoms with E-state index >= 15 is 0 Å². The van der Waals surface area contributed by atoms with E-state index in [-0.39, 0.29) is 11.4 Å². The van der Waals surface area contributed by atoms with Crippen molar-refractivity contribution in [3.8, 4) is 0 Å². The van der Waals surface area contributed by atoms with Gasteiger partial charge in [-0.3, -0.25) is 9.78 Å². The fraction of sp³-hybridized carbons (Fsp3) is 0.571. The van der Waals surface area contributed by atoms with Crippen LogP contribution in [0.4, 0.5) is 5.69 Å². The lowest BCUT2D eigenvalue weighted by molar-refractivity contribution is 0.0851. The van der Waals surface area contributed by atoms with E-state index in [2.05, 4.69) is 29.5 Å². The van der Waals surface area contributed by atoms with Gasteiger partial charge in [0, 0.05) is 24.5 Å². The van der Waals surface area contributed by atoms with Gasteiger partial charge >= 0.3 is 0 Å². The average molecular weight is 247 g/mol. The maximum Gasteiger partial charge on any atom is 0.255 e. The van der Waals surface area contributed by atoms with Gasteiger partial charge in [0.15, 0.2) is 0 Å². The second kappa shape index (κ2) is 5.38. The van der Waals surface area contributed by atoms with Crippen LogP contribution in [0.2, 0.25) is 0 Å². The zero-order chi connectivity index (χ0) is 13.0. The van der Waals surface area contributed by atoms with Crippen molar-refractivity contribution >= 4 is 11.6 Å². The van der Waals surface area contributed by atoms with Crippen molar-refractivity contribution in [1.29, 1.82) is 0 Å². The number of amides is 1. The summed E-state index contributed by atoms with van der Waals surface area (Å²) in [5.74, 6) is -0.0242. The monoisotopic (exact) mass is 247 g/mol. The third-order valence-electron chi connectivity index (χ3n) is 3.50. The predicted octanol–water partition coefficient (Wildman–Crippen LogP) is 2.58. The normalized spacial score (nSPS) is 16.8. The van der Waals surface area contributed by atoms with Crippen LogP contribution < -0.4 is 10.6 Å². The van der Waals surface area contributed by atoms with Gasteiger partial charge in [-0.15, -0.1) is 0 Å². The van der Waals surface area contributed by atoms with Gasteiger partial charge in [-0.25, -0.2) is 0 Å². The molecule has 2 N–H and O–H groups in total. The Labute approximate surface area is 108 Å². The van der Waals surface area contributed by atoms with Crippen molar-refractivity contribution in [1.82, 2.24) is 10.3 Å². The number of nitrogens with zero attached hydrogens (tertiary/aromatic N) is 1. The number of anilines is 1. The Morgan fingerprint density at radius 2 is 2.28 bits per heavy atom. The quantitative estimate of drug-likeness (QED) is 0.840. The molecular formula is C14H21N3O. The first kappa shape index (κ1) is 12.9. The molecule has 0 spiro atoms. The summed E-state index contributed by atoms with van der Waals surface area (Å²) in [5.41, 5.74) is 1.49. The average Bonchev–Trinajstić information content (AvgIpc) is 2.34. The summed E-state index contributed by atoms with van der Waals surface area (Å²) in [7, 11) is 0. The molecule has 1 amide bonds. The number of aromatic nitrogens is 1. The third-order valence-corrected chi connectivity index (χ3v) is 3.50. The van der Waals surface area contributed by atoms with Crippen molar-refractivity contribution in [2.45, 2.75) is 45.1 Å². The lowest BCUT2D eigenvalue weighted by Crippen LogP contribution is -2.51. The van der Waals surface area contributed by atoms with Crippen LogP contribution in [-0.4, -0.2) is 23.0 Å². The van der Waals surface area contributed by atoms with Gasteiger partial charge in [0.25, 0.3) is 5.91 Å². The zero-order valence-corrected chi connectivity index (χ0v) is 11.1. The summed E-state index contributed by atoms with van der Waals surface area (Å²) in [6.07, 6.45) is 7.70. The molecule has 0 atom stereocenters. The molecule has 1 aromatic heterocycles. The molecule has 98 valence electrons. The van der Waals surface area contributed by atoms with Gasteiger partial charge in [-0.05, 0) is 38.7 Å². The van der Waals surface area contributed by atoms with Crippen LogP contribution in [0.25, 0.3) is 0 Å². The maximum atomic E-state index is 12.2. The number of pyridine rings is 1. The molecule has 0 aromatic carbocycles. The highest BCUT2D eigenvalue weighted by Crippen LogP contribution is 2.31. The standard InChI is InChI=1S/C14H21N3O/c1-3-8-16-12-5-9-15-10-11(12)13(18)17-14(2)6-4-7-14/h5,9-10H,3-4,6-8H2,1-2H3,(H,15,16)(H,17,18). The SMILES string of the molecule is CCCNc1ccncc1C(=O)NC1(C)CCC1. The van der Waals surface area contributed by atoms with E-state index in [0.717, 1.165) is 31.5 Å². The minimum atomic E-state index is -0.0242. The summed E-state index contributed by atoms with van der Waals surface area (Å²) in [6.45, 7) is 5.06. The second-order valence-corrected chi connectivity index (χ2v) is 5.22. The summed E-state index contributed by atoms with van der Waals surface area (Å²) in [4.78, 5) is 16.3. The Morgan fingerprint density at radius 3 is 2.89 bits per heavy atom. The van der Waals surface area contributed by atoms with Crippen LogP contribution in [-0.2, 0) is 0 Å². The highest BCUT2D eigenvalue weighted by Gasteiger charge is 2.33. The molecule has 0 saturated heterocycles. The lowest BCUT2D eigenvalue weighted by atomic mass is 9.78. The van der Waals surface area contributed by atoms with Crippen molar-refractivity contribution < 1.29 is 4.79 Å². The van der Waals surface area contributed by atoms with E-state index in [0.29, 0.717) is 5.56 Å². The Hall–Kier alpha value is -1.58. The van der Waals surface area contributed by atoms with Crippen LogP contribution >= 0.6 is 0 Å². The molecule has 1 aliphatic rings. The molecule has 0 radical (unpaired) electrons. The smallest absolute Gasteiger partial charge is 0.255 e. The second-order valence-electron chi connectivity index (χ2n) is 5.22. The van der Waals surface area contributed by atoms with Crippen molar-refractivity contribution in [3.63, 3.8) is 0 Å². The minimum absolute atomic E-state index is 0.0189. The number of rotatable bonds is 5. The van der Waals surface area contributed by atoms with Crippen LogP contribution in [0.3, 0.4) is 0 Å². The maximum absolute atomic E-state index is 12.2. The Balaban J connectivity index is 2.08. The molecule has 4 heteroatoms. The molecule has 0 bridgehead atoms. The lowest BCUT2D eigenvalue weighted by Gasteiger charge is -2.39. The number of hydrogen-bond acceptors (Lipinski definition) is 3. The van der Waals surface area contributed by atoms with Crippen molar-refractivity contribution in [3.05, 3.63) is 24.0 Å². The van der Waals surface area contributed by atoms with Gasteiger partial charge in [0.2, 0.25) is 0 Å². The molecule has 1 aromatic rings. The van der Waals surface area contributed by atoms with Gasteiger partial charge in [-0.1, -0.05) is 6.92 Å². The largest absolute Gasteiger partial charge is 0.384 e. The highest BCUT2D eigenvalue weighted by molar-refractivity contribution is 5.99. The van der Waals surface area contributed by atoms with Crippen LogP contribution in [0.5, 0.6) is 0 Å². The Bertz CT molecular complexity index is 427. The molecule has 1 saturated carbocycles. The first-order valence-electron chi connectivity index (χ1n) is 6.65. The summed E-state index contributed by atoms with van der Waals surface area (Å²) in [5, 5.41) is 6.37. The van der Waals surface area contributed by atoms with Gasteiger partial charge in [0.1, 0.15) is 0 Å². The number of hydrogen-bond donors (Lipinski definition) is 2.